The van der Waals surface area contributed by atoms with Gasteiger partial charge in [0, 0.05) is 25.9 Å². The van der Waals surface area contributed by atoms with Gasteiger partial charge in [-0.25, -0.2) is 0 Å². The van der Waals surface area contributed by atoms with Gasteiger partial charge in [-0.15, -0.1) is 23.1 Å². The van der Waals surface area contributed by atoms with Gasteiger partial charge in [-0.3, -0.25) is 4.79 Å². The van der Waals surface area contributed by atoms with Crippen molar-refractivity contribution < 1.29 is 4.79 Å². The lowest BCUT2D eigenvalue weighted by molar-refractivity contribution is 0.112. The van der Waals surface area contributed by atoms with Crippen molar-refractivity contribution in [2.45, 2.75) is 4.90 Å². The zero-order valence-electron chi connectivity index (χ0n) is 7.61. The molecule has 0 aliphatic rings. The Morgan fingerprint density at radius 3 is 2.93 bits per heavy atom. The fraction of sp³-hybridized carbons (Fsp3) is 0.100. The van der Waals surface area contributed by atoms with E-state index in [1.165, 1.54) is 11.3 Å². The minimum Gasteiger partial charge on any atom is -0.398 e. The fourth-order valence-electron chi connectivity index (χ4n) is 1.43. The predicted molar refractivity (Wildman–Crippen MR) is 63.4 cm³/mol. The molecule has 0 saturated heterocycles. The van der Waals surface area contributed by atoms with Crippen LogP contribution in [0.25, 0.3) is 10.1 Å². The minimum atomic E-state index is 0.722. The summed E-state index contributed by atoms with van der Waals surface area (Å²) in [6.07, 6.45) is 2.88. The van der Waals surface area contributed by atoms with E-state index in [2.05, 4.69) is 0 Å². The van der Waals surface area contributed by atoms with Gasteiger partial charge in [0.1, 0.15) is 0 Å². The molecule has 2 aromatic rings. The summed E-state index contributed by atoms with van der Waals surface area (Å²) in [6, 6.07) is 3.79. The summed E-state index contributed by atoms with van der Waals surface area (Å²) in [4.78, 5) is 11.9. The molecular formula is C10H9NOS2. The highest BCUT2D eigenvalue weighted by molar-refractivity contribution is 7.98. The second-order valence-corrected chi connectivity index (χ2v) is 4.60. The van der Waals surface area contributed by atoms with Crippen LogP contribution in [0, 0.1) is 0 Å². The maximum Gasteiger partial charge on any atom is 0.151 e. The van der Waals surface area contributed by atoms with Crippen molar-refractivity contribution in [3.63, 3.8) is 0 Å². The maximum absolute atomic E-state index is 10.8. The normalized spacial score (nSPS) is 10.6. The second kappa shape index (κ2) is 3.63. The van der Waals surface area contributed by atoms with Crippen molar-refractivity contribution in [2.24, 2.45) is 0 Å². The van der Waals surface area contributed by atoms with E-state index in [1.54, 1.807) is 11.8 Å². The Balaban J connectivity index is 2.87. The first-order valence-electron chi connectivity index (χ1n) is 4.06. The van der Waals surface area contributed by atoms with Gasteiger partial charge in [-0.2, -0.15) is 0 Å². The number of thioether (sulfide) groups is 1. The molecule has 4 heteroatoms. The largest absolute Gasteiger partial charge is 0.398 e. The smallest absolute Gasteiger partial charge is 0.151 e. The lowest BCUT2D eigenvalue weighted by Crippen LogP contribution is -1.85. The van der Waals surface area contributed by atoms with Crippen LogP contribution in [0.15, 0.2) is 22.4 Å². The molecular weight excluding hydrogens is 214 g/mol. The van der Waals surface area contributed by atoms with Crippen LogP contribution in [0.1, 0.15) is 10.4 Å². The monoisotopic (exact) mass is 223 g/mol. The number of benzene rings is 1. The zero-order chi connectivity index (χ0) is 10.1. The zero-order valence-corrected chi connectivity index (χ0v) is 9.24. The highest BCUT2D eigenvalue weighted by Gasteiger charge is 2.09. The molecule has 0 amide bonds. The van der Waals surface area contributed by atoms with Gasteiger partial charge in [0.2, 0.25) is 0 Å². The first-order valence-corrected chi connectivity index (χ1v) is 6.17. The number of fused-ring (bicyclic) bond motifs is 1. The molecule has 0 fully saturated rings. The van der Waals surface area contributed by atoms with Crippen LogP contribution >= 0.6 is 23.1 Å². The second-order valence-electron chi connectivity index (χ2n) is 2.87. The number of carbonyl (C=O) groups excluding carboxylic acids is 1. The molecule has 2 rings (SSSR count). The van der Waals surface area contributed by atoms with Gasteiger partial charge in [0.05, 0.1) is 5.69 Å². The van der Waals surface area contributed by atoms with Gasteiger partial charge in [-0.05, 0) is 18.4 Å². The average molecular weight is 223 g/mol. The molecule has 0 unspecified atom stereocenters. The lowest BCUT2D eigenvalue weighted by atomic mass is 10.1. The third-order valence-electron chi connectivity index (χ3n) is 2.09. The summed E-state index contributed by atoms with van der Waals surface area (Å²) in [7, 11) is 0. The summed E-state index contributed by atoms with van der Waals surface area (Å²) in [5, 5.41) is 2.91. The van der Waals surface area contributed by atoms with Crippen LogP contribution < -0.4 is 5.73 Å². The van der Waals surface area contributed by atoms with Gasteiger partial charge < -0.3 is 5.73 Å². The van der Waals surface area contributed by atoms with E-state index < -0.39 is 0 Å². The quantitative estimate of drug-likeness (QED) is 0.628. The molecule has 2 nitrogen and oxygen atoms in total. The number of hydrogen-bond acceptors (Lipinski definition) is 4. The maximum atomic E-state index is 10.8. The highest BCUT2D eigenvalue weighted by Crippen LogP contribution is 2.36. The van der Waals surface area contributed by atoms with Crippen molar-refractivity contribution in [1.29, 1.82) is 0 Å². The van der Waals surface area contributed by atoms with Gasteiger partial charge >= 0.3 is 0 Å². The number of aldehydes is 1. The van der Waals surface area contributed by atoms with Crippen molar-refractivity contribution >= 4 is 45.2 Å². The van der Waals surface area contributed by atoms with Gasteiger partial charge in [0.15, 0.2) is 6.29 Å². The van der Waals surface area contributed by atoms with Crippen LogP contribution in [-0.2, 0) is 0 Å². The summed E-state index contributed by atoms with van der Waals surface area (Å²) < 4.78 is 0.990. The lowest BCUT2D eigenvalue weighted by Gasteiger charge is -2.01. The molecule has 0 radical (unpaired) electrons. The Morgan fingerprint density at radius 2 is 2.29 bits per heavy atom. The van der Waals surface area contributed by atoms with Gasteiger partial charge in [0.25, 0.3) is 0 Å². The summed E-state index contributed by atoms with van der Waals surface area (Å²) >= 11 is 3.17. The first-order chi connectivity index (χ1) is 6.77. The number of nitrogen functional groups attached to an aromatic ring is 1. The molecule has 0 aliphatic heterocycles. The van der Waals surface area contributed by atoms with Crippen molar-refractivity contribution in [3.8, 4) is 0 Å². The van der Waals surface area contributed by atoms with E-state index in [-0.39, 0.29) is 0 Å². The summed E-state index contributed by atoms with van der Waals surface area (Å²) in [5.74, 6) is 0. The van der Waals surface area contributed by atoms with Crippen LogP contribution in [0.3, 0.4) is 0 Å². The number of rotatable bonds is 2. The Hall–Kier alpha value is -1.00. The van der Waals surface area contributed by atoms with E-state index >= 15 is 0 Å². The van der Waals surface area contributed by atoms with Crippen LogP contribution in [-0.4, -0.2) is 12.5 Å². The molecule has 14 heavy (non-hydrogen) atoms. The number of hydrogen-bond donors (Lipinski definition) is 1. The molecule has 0 aliphatic carbocycles. The van der Waals surface area contributed by atoms with Crippen molar-refractivity contribution in [1.82, 2.24) is 0 Å². The van der Waals surface area contributed by atoms with E-state index in [4.69, 9.17) is 5.73 Å². The average Bonchev–Trinajstić information content (AvgIpc) is 2.60. The van der Waals surface area contributed by atoms with Crippen LogP contribution in [0.4, 0.5) is 5.69 Å². The third kappa shape index (κ3) is 1.31. The molecule has 2 N–H and O–H groups in total. The molecule has 1 aromatic heterocycles. The van der Waals surface area contributed by atoms with Crippen molar-refractivity contribution in [3.05, 3.63) is 23.1 Å². The van der Waals surface area contributed by atoms with Crippen LogP contribution in [0.2, 0.25) is 0 Å². The fourth-order valence-corrected chi connectivity index (χ4v) is 3.08. The Kier molecular flexibility index (Phi) is 2.48. The molecule has 0 saturated carbocycles. The molecule has 0 spiro atoms. The minimum absolute atomic E-state index is 0.722. The van der Waals surface area contributed by atoms with E-state index in [1.807, 2.05) is 23.8 Å². The molecule has 72 valence electrons. The summed E-state index contributed by atoms with van der Waals surface area (Å²) in [5.41, 5.74) is 7.34. The SMILES string of the molecule is CSc1ccc(C=O)c2scc(N)c12. The predicted octanol–water partition coefficient (Wildman–Crippen LogP) is 3.02. The van der Waals surface area contributed by atoms with Crippen molar-refractivity contribution in [2.75, 3.05) is 12.0 Å². The topological polar surface area (TPSA) is 43.1 Å². The van der Waals surface area contributed by atoms with E-state index in [9.17, 15) is 4.79 Å². The van der Waals surface area contributed by atoms with Crippen LogP contribution in [0.5, 0.6) is 0 Å². The highest BCUT2D eigenvalue weighted by atomic mass is 32.2. The van der Waals surface area contributed by atoms with E-state index in [0.29, 0.717) is 0 Å². The standard InChI is InChI=1S/C10H9NOS2/c1-13-8-3-2-6(4-12)10-9(8)7(11)5-14-10/h2-5H,11H2,1H3. The Morgan fingerprint density at radius 1 is 1.50 bits per heavy atom. The van der Waals surface area contributed by atoms with E-state index in [0.717, 1.165) is 32.5 Å². The number of nitrogens with two attached hydrogens (primary N) is 1. The molecule has 0 bridgehead atoms. The molecule has 0 atom stereocenters. The Labute approximate surface area is 90.1 Å². The summed E-state index contributed by atoms with van der Waals surface area (Å²) in [6.45, 7) is 0. The van der Waals surface area contributed by atoms with Gasteiger partial charge in [-0.1, -0.05) is 0 Å². The number of thiophene rings is 1. The first kappa shape index (κ1) is 9.55. The molecule has 1 heterocycles. The Bertz CT molecular complexity index is 490. The number of anilines is 1. The molecule has 1 aromatic carbocycles. The third-order valence-corrected chi connectivity index (χ3v) is 3.92. The number of carbonyl (C=O) groups is 1.